The normalized spacial score (nSPS) is 10.6. The lowest BCUT2D eigenvalue weighted by Gasteiger charge is -1.97. The second-order valence-corrected chi connectivity index (χ2v) is 3.34. The van der Waals surface area contributed by atoms with Gasteiger partial charge in [-0.15, -0.1) is 0 Å². The highest BCUT2D eigenvalue weighted by Gasteiger charge is 2.02. The quantitative estimate of drug-likeness (QED) is 0.729. The van der Waals surface area contributed by atoms with Gasteiger partial charge in [0.1, 0.15) is 5.65 Å². The van der Waals surface area contributed by atoms with Gasteiger partial charge in [-0.2, -0.15) is 0 Å². The van der Waals surface area contributed by atoms with E-state index in [1.807, 2.05) is 0 Å². The topological polar surface area (TPSA) is 78.6 Å². The maximum Gasteiger partial charge on any atom is 0.327 e. The highest BCUT2D eigenvalue weighted by atomic mass is 79.9. The Morgan fingerprint density at radius 3 is 2.86 bits per heavy atom. The van der Waals surface area contributed by atoms with Crippen LogP contribution in [0.4, 0.5) is 0 Å². The molecule has 5 nitrogen and oxygen atoms in total. The molecule has 0 atom stereocenters. The molecule has 2 N–H and O–H groups in total. The fourth-order valence-electron chi connectivity index (χ4n) is 1.16. The van der Waals surface area contributed by atoms with Gasteiger partial charge >= 0.3 is 5.69 Å². The number of nitrogens with one attached hydrogen (secondary N) is 2. The Hall–Kier alpha value is -1.43. The van der Waals surface area contributed by atoms with Crippen molar-refractivity contribution in [3.63, 3.8) is 0 Å². The van der Waals surface area contributed by atoms with Gasteiger partial charge in [-0.05, 0) is 11.6 Å². The molecule has 2 aromatic rings. The molecule has 0 unspecified atom stereocenters. The summed E-state index contributed by atoms with van der Waals surface area (Å²) >= 11 is 3.26. The van der Waals surface area contributed by atoms with Gasteiger partial charge in [0, 0.05) is 11.5 Å². The van der Waals surface area contributed by atoms with E-state index < -0.39 is 11.2 Å². The molecule has 0 aliphatic heterocycles. The summed E-state index contributed by atoms with van der Waals surface area (Å²) < 4.78 is 0. The smallest absolute Gasteiger partial charge is 0.291 e. The van der Waals surface area contributed by atoms with E-state index in [2.05, 4.69) is 30.9 Å². The number of fused-ring (bicyclic) bond motifs is 1. The van der Waals surface area contributed by atoms with Crippen LogP contribution >= 0.6 is 15.9 Å². The van der Waals surface area contributed by atoms with Crippen molar-refractivity contribution in [3.8, 4) is 0 Å². The number of halogens is 1. The van der Waals surface area contributed by atoms with Crippen molar-refractivity contribution in [1.29, 1.82) is 0 Å². The van der Waals surface area contributed by atoms with Crippen LogP contribution in [0.1, 0.15) is 5.56 Å². The minimum Gasteiger partial charge on any atom is -0.291 e. The number of rotatable bonds is 1. The van der Waals surface area contributed by atoms with Crippen molar-refractivity contribution in [2.24, 2.45) is 0 Å². The number of nitrogens with zero attached hydrogens (tertiary/aromatic N) is 1. The van der Waals surface area contributed by atoms with Crippen molar-refractivity contribution in [2.75, 3.05) is 0 Å². The second-order valence-electron chi connectivity index (χ2n) is 2.78. The molecule has 0 saturated carbocycles. The molecule has 2 aromatic heterocycles. The van der Waals surface area contributed by atoms with Crippen LogP contribution in [0.15, 0.2) is 21.9 Å². The van der Waals surface area contributed by atoms with E-state index in [0.717, 1.165) is 5.56 Å². The van der Waals surface area contributed by atoms with E-state index in [4.69, 9.17) is 0 Å². The van der Waals surface area contributed by atoms with E-state index in [-0.39, 0.29) is 0 Å². The van der Waals surface area contributed by atoms with Crippen LogP contribution in [0.5, 0.6) is 0 Å². The number of hydrogen-bond acceptors (Lipinski definition) is 3. The minimum absolute atomic E-state index is 0.309. The molecular weight excluding hydrogens is 250 g/mol. The highest BCUT2D eigenvalue weighted by molar-refractivity contribution is 9.08. The summed E-state index contributed by atoms with van der Waals surface area (Å²) in [6.45, 7) is 0. The Kier molecular flexibility index (Phi) is 2.20. The Balaban J connectivity index is 2.89. The lowest BCUT2D eigenvalue weighted by Crippen LogP contribution is -2.22. The maximum atomic E-state index is 11.3. The van der Waals surface area contributed by atoms with Crippen molar-refractivity contribution >= 4 is 27.0 Å². The number of hydrogen-bond donors (Lipinski definition) is 2. The number of pyridine rings is 1. The van der Waals surface area contributed by atoms with Crippen LogP contribution in [-0.4, -0.2) is 15.0 Å². The Bertz CT molecular complexity index is 587. The molecule has 0 aromatic carbocycles. The number of aromatic amines is 2. The van der Waals surface area contributed by atoms with Crippen LogP contribution in [0.2, 0.25) is 0 Å². The standard InChI is InChI=1S/C8H6BrN3O2/c9-2-4-1-5-6(10-3-4)11-8(14)12-7(5)13/h1,3H,2H2,(H2,10,11,12,13,14). The third-order valence-corrected chi connectivity index (χ3v) is 2.45. The first-order chi connectivity index (χ1) is 6.70. The van der Waals surface area contributed by atoms with Gasteiger partial charge in [0.25, 0.3) is 5.56 Å². The van der Waals surface area contributed by atoms with Crippen molar-refractivity contribution in [2.45, 2.75) is 5.33 Å². The van der Waals surface area contributed by atoms with Gasteiger partial charge in [-0.3, -0.25) is 14.8 Å². The SMILES string of the molecule is O=c1[nH]c(=O)c2cc(CBr)cnc2[nH]1. The molecule has 2 rings (SSSR count). The highest BCUT2D eigenvalue weighted by Crippen LogP contribution is 2.08. The summed E-state index contributed by atoms with van der Waals surface area (Å²) in [5, 5.41) is 1.01. The summed E-state index contributed by atoms with van der Waals surface area (Å²) in [6.07, 6.45) is 1.60. The molecule has 0 aliphatic rings. The summed E-state index contributed by atoms with van der Waals surface area (Å²) in [7, 11) is 0. The van der Waals surface area contributed by atoms with Gasteiger partial charge in [0.2, 0.25) is 0 Å². The van der Waals surface area contributed by atoms with E-state index in [9.17, 15) is 9.59 Å². The second kappa shape index (κ2) is 3.38. The zero-order chi connectivity index (χ0) is 10.1. The van der Waals surface area contributed by atoms with Gasteiger partial charge in [-0.1, -0.05) is 15.9 Å². The van der Waals surface area contributed by atoms with Crippen molar-refractivity contribution < 1.29 is 0 Å². The number of H-pyrrole nitrogens is 2. The first kappa shape index (κ1) is 9.14. The summed E-state index contributed by atoms with van der Waals surface area (Å²) in [6, 6.07) is 1.69. The molecule has 0 radical (unpaired) electrons. The van der Waals surface area contributed by atoms with Crippen LogP contribution in [0.3, 0.4) is 0 Å². The zero-order valence-electron chi connectivity index (χ0n) is 7.00. The first-order valence-electron chi connectivity index (χ1n) is 3.88. The molecular formula is C8H6BrN3O2. The molecule has 0 amide bonds. The fourth-order valence-corrected chi connectivity index (χ4v) is 1.47. The summed E-state index contributed by atoms with van der Waals surface area (Å²) in [4.78, 5) is 30.8. The number of alkyl halides is 1. The minimum atomic E-state index is -0.540. The van der Waals surface area contributed by atoms with E-state index in [1.165, 1.54) is 0 Å². The molecule has 0 bridgehead atoms. The zero-order valence-corrected chi connectivity index (χ0v) is 8.59. The third kappa shape index (κ3) is 1.48. The van der Waals surface area contributed by atoms with Crippen molar-refractivity contribution in [1.82, 2.24) is 15.0 Å². The predicted molar refractivity (Wildman–Crippen MR) is 55.6 cm³/mol. The average molecular weight is 256 g/mol. The van der Waals surface area contributed by atoms with Crippen LogP contribution in [0, 0.1) is 0 Å². The van der Waals surface area contributed by atoms with Crippen LogP contribution in [-0.2, 0) is 5.33 Å². The maximum absolute atomic E-state index is 11.3. The first-order valence-corrected chi connectivity index (χ1v) is 5.00. The molecule has 0 fully saturated rings. The average Bonchev–Trinajstić information content (AvgIpc) is 2.17. The predicted octanol–water partition coefficient (Wildman–Crippen LogP) is 0.506. The fraction of sp³-hybridized carbons (Fsp3) is 0.125. The van der Waals surface area contributed by atoms with E-state index >= 15 is 0 Å². The third-order valence-electron chi connectivity index (χ3n) is 1.80. The van der Waals surface area contributed by atoms with Crippen LogP contribution < -0.4 is 11.2 Å². The summed E-state index contributed by atoms with van der Waals surface area (Å²) in [5.74, 6) is 0. The largest absolute Gasteiger partial charge is 0.327 e. The van der Waals surface area contributed by atoms with Gasteiger partial charge in [0.15, 0.2) is 0 Å². The van der Waals surface area contributed by atoms with Gasteiger partial charge < -0.3 is 0 Å². The van der Waals surface area contributed by atoms with E-state index in [1.54, 1.807) is 12.3 Å². The Morgan fingerprint density at radius 2 is 2.14 bits per heavy atom. The molecule has 14 heavy (non-hydrogen) atoms. The van der Waals surface area contributed by atoms with Crippen LogP contribution in [0.25, 0.3) is 11.0 Å². The Labute approximate surface area is 86.3 Å². The monoisotopic (exact) mass is 255 g/mol. The molecule has 0 aliphatic carbocycles. The molecule has 0 saturated heterocycles. The molecule has 6 heteroatoms. The van der Waals surface area contributed by atoms with E-state index in [0.29, 0.717) is 16.4 Å². The van der Waals surface area contributed by atoms with Gasteiger partial charge in [0.05, 0.1) is 5.39 Å². The van der Waals surface area contributed by atoms with Crippen molar-refractivity contribution in [3.05, 3.63) is 38.7 Å². The number of aromatic nitrogens is 3. The lowest BCUT2D eigenvalue weighted by molar-refractivity contribution is 1.06. The molecule has 72 valence electrons. The van der Waals surface area contributed by atoms with Gasteiger partial charge in [-0.25, -0.2) is 9.78 Å². The molecule has 0 spiro atoms. The summed E-state index contributed by atoms with van der Waals surface area (Å²) in [5.41, 5.74) is 0.235. The Morgan fingerprint density at radius 1 is 1.36 bits per heavy atom. The lowest BCUT2D eigenvalue weighted by atomic mass is 10.2. The molecule has 2 heterocycles.